The molecule has 0 saturated carbocycles. The van der Waals surface area contributed by atoms with Gasteiger partial charge < -0.3 is 5.32 Å². The van der Waals surface area contributed by atoms with Gasteiger partial charge in [0.25, 0.3) is 0 Å². The number of anilines is 1. The summed E-state index contributed by atoms with van der Waals surface area (Å²) in [5, 5.41) is 8.98. The molecule has 0 amide bonds. The number of nitrogens with one attached hydrogen (secondary N) is 1. The van der Waals surface area contributed by atoms with Crippen LogP contribution in [0.1, 0.15) is 5.69 Å². The molecule has 0 aliphatic rings. The molecule has 0 unspecified atom stereocenters. The first-order valence-corrected chi connectivity index (χ1v) is 11.2. The summed E-state index contributed by atoms with van der Waals surface area (Å²) in [7, 11) is 0. The van der Waals surface area contributed by atoms with Crippen LogP contribution in [0.15, 0.2) is 73.2 Å². The molecule has 1 aromatic carbocycles. The van der Waals surface area contributed by atoms with Crippen LogP contribution < -0.4 is 5.32 Å². The van der Waals surface area contributed by atoms with Crippen molar-refractivity contribution in [1.82, 2.24) is 19.7 Å². The van der Waals surface area contributed by atoms with E-state index in [1.807, 2.05) is 43.6 Å². The number of fused-ring (bicyclic) bond motifs is 1. The minimum Gasteiger partial charge on any atom is -0.348 e. The zero-order valence-corrected chi connectivity index (χ0v) is 18.8. The fourth-order valence-electron chi connectivity index (χ4n) is 3.48. The van der Waals surface area contributed by atoms with Gasteiger partial charge in [-0.2, -0.15) is 5.10 Å². The largest absolute Gasteiger partial charge is 0.348 e. The molecule has 0 fully saturated rings. The van der Waals surface area contributed by atoms with Crippen molar-refractivity contribution >= 4 is 44.3 Å². The molecular weight excluding hydrogens is 441 g/mol. The third-order valence-corrected chi connectivity index (χ3v) is 6.27. The Morgan fingerprint density at radius 1 is 1.16 bits per heavy atom. The topological polar surface area (TPSA) is 55.6 Å². The van der Waals surface area contributed by atoms with Crippen molar-refractivity contribution < 1.29 is 4.39 Å². The summed E-state index contributed by atoms with van der Waals surface area (Å²) in [6.45, 7) is 2.32. The van der Waals surface area contributed by atoms with E-state index in [0.29, 0.717) is 17.2 Å². The summed E-state index contributed by atoms with van der Waals surface area (Å²) in [6, 6.07) is 16.3. The summed E-state index contributed by atoms with van der Waals surface area (Å²) < 4.78 is 16.4. The zero-order chi connectivity index (χ0) is 22.1. The third kappa shape index (κ3) is 4.28. The van der Waals surface area contributed by atoms with Gasteiger partial charge in [-0.25, -0.2) is 4.39 Å². The second-order valence-electron chi connectivity index (χ2n) is 7.34. The van der Waals surface area contributed by atoms with Gasteiger partial charge in [0.15, 0.2) is 0 Å². The van der Waals surface area contributed by atoms with E-state index in [1.165, 1.54) is 12.1 Å². The molecule has 5 nitrogen and oxygen atoms in total. The van der Waals surface area contributed by atoms with Crippen molar-refractivity contribution in [1.29, 1.82) is 0 Å². The molecular formula is C24H18FN5S2. The van der Waals surface area contributed by atoms with Gasteiger partial charge in [-0.1, -0.05) is 24.4 Å². The smallest absolute Gasteiger partial charge is 0.125 e. The molecule has 0 atom stereocenters. The van der Waals surface area contributed by atoms with E-state index in [-0.39, 0.29) is 5.82 Å². The van der Waals surface area contributed by atoms with E-state index in [0.717, 1.165) is 37.6 Å². The first-order chi connectivity index (χ1) is 15.5. The highest BCUT2D eigenvalue weighted by Crippen LogP contribution is 2.37. The van der Waals surface area contributed by atoms with Crippen LogP contribution in [0, 0.1) is 12.7 Å². The number of halogens is 1. The lowest BCUT2D eigenvalue weighted by atomic mass is 10.1. The average molecular weight is 460 g/mol. The van der Waals surface area contributed by atoms with Crippen LogP contribution in [0.5, 0.6) is 0 Å². The van der Waals surface area contributed by atoms with Gasteiger partial charge in [-0.15, -0.1) is 11.3 Å². The molecule has 0 radical (unpaired) electrons. The normalized spacial score (nSPS) is 11.1. The average Bonchev–Trinajstić information content (AvgIpc) is 3.37. The van der Waals surface area contributed by atoms with Crippen LogP contribution in [0.3, 0.4) is 0 Å². The van der Waals surface area contributed by atoms with Crippen LogP contribution in [0.2, 0.25) is 0 Å². The maximum absolute atomic E-state index is 13.5. The quantitative estimate of drug-likeness (QED) is 0.322. The Hall–Kier alpha value is -3.49. The predicted molar refractivity (Wildman–Crippen MR) is 131 cm³/mol. The third-order valence-electron chi connectivity index (χ3n) is 4.89. The Bertz CT molecular complexity index is 1410. The molecule has 0 spiro atoms. The second-order valence-corrected chi connectivity index (χ2v) is 8.91. The maximum Gasteiger partial charge on any atom is 0.125 e. The van der Waals surface area contributed by atoms with Gasteiger partial charge >= 0.3 is 0 Å². The Balaban J connectivity index is 1.51. The number of aromatic nitrogens is 4. The summed E-state index contributed by atoms with van der Waals surface area (Å²) >= 11 is 7.19. The van der Waals surface area contributed by atoms with Crippen LogP contribution in [0.25, 0.3) is 31.9 Å². The van der Waals surface area contributed by atoms with Gasteiger partial charge in [0.1, 0.15) is 16.5 Å². The summed E-state index contributed by atoms with van der Waals surface area (Å²) in [6.07, 6.45) is 5.64. The first kappa shape index (κ1) is 20.4. The number of thiocarbonyl (C=S) groups is 1. The highest BCUT2D eigenvalue weighted by atomic mass is 32.1. The molecule has 4 aromatic heterocycles. The van der Waals surface area contributed by atoms with Crippen molar-refractivity contribution in [2.75, 3.05) is 5.32 Å². The molecule has 5 aromatic rings. The van der Waals surface area contributed by atoms with Crippen molar-refractivity contribution in [3.8, 4) is 21.8 Å². The lowest BCUT2D eigenvalue weighted by Crippen LogP contribution is -2.17. The second kappa shape index (κ2) is 8.57. The summed E-state index contributed by atoms with van der Waals surface area (Å²) in [5.41, 5.74) is 4.12. The van der Waals surface area contributed by atoms with Gasteiger partial charge in [-0.3, -0.25) is 14.6 Å². The fourth-order valence-corrected chi connectivity index (χ4v) is 4.77. The van der Waals surface area contributed by atoms with Gasteiger partial charge in [0, 0.05) is 50.5 Å². The van der Waals surface area contributed by atoms with Crippen molar-refractivity contribution in [3.63, 3.8) is 0 Å². The van der Waals surface area contributed by atoms with Gasteiger partial charge in [-0.05, 0) is 49.4 Å². The van der Waals surface area contributed by atoms with Crippen LogP contribution in [0.4, 0.5) is 10.1 Å². The Morgan fingerprint density at radius 3 is 2.84 bits per heavy atom. The van der Waals surface area contributed by atoms with Crippen molar-refractivity contribution in [2.24, 2.45) is 0 Å². The van der Waals surface area contributed by atoms with Crippen LogP contribution in [-0.4, -0.2) is 24.7 Å². The lowest BCUT2D eigenvalue weighted by molar-refractivity contribution is 0.628. The minimum atomic E-state index is -0.314. The number of thiophene rings is 1. The molecule has 0 bridgehead atoms. The van der Waals surface area contributed by atoms with E-state index in [1.54, 1.807) is 34.3 Å². The molecule has 0 aliphatic heterocycles. The highest BCUT2D eigenvalue weighted by Gasteiger charge is 2.17. The Kier molecular flexibility index (Phi) is 5.46. The monoisotopic (exact) mass is 459 g/mol. The molecule has 5 rings (SSSR count). The zero-order valence-electron chi connectivity index (χ0n) is 17.1. The minimum absolute atomic E-state index is 0.314. The first-order valence-electron chi connectivity index (χ1n) is 9.96. The summed E-state index contributed by atoms with van der Waals surface area (Å²) in [5.74, 6) is -0.314. The molecule has 4 heterocycles. The number of pyridine rings is 2. The molecule has 0 aliphatic carbocycles. The molecule has 32 heavy (non-hydrogen) atoms. The number of aryl methyl sites for hydroxylation is 1. The molecule has 158 valence electrons. The van der Waals surface area contributed by atoms with Gasteiger partial charge in [0.2, 0.25) is 0 Å². The number of benzene rings is 1. The standard InChI is InChI=1S/C24H18FN5S2/c1-15-4-2-7-20(27-15)24-19(22-10-16-12-26-9-8-21(16)32-22)13-30(29-24)14-23(31)28-18-6-3-5-17(25)11-18/h2-13H,14H2,1H3,(H,28,31). The Morgan fingerprint density at radius 2 is 2.03 bits per heavy atom. The van der Waals surface area contributed by atoms with E-state index in [2.05, 4.69) is 21.4 Å². The highest BCUT2D eigenvalue weighted by molar-refractivity contribution is 7.80. The van der Waals surface area contributed by atoms with Crippen molar-refractivity contribution in [3.05, 3.63) is 84.7 Å². The van der Waals surface area contributed by atoms with E-state index < -0.39 is 0 Å². The molecule has 8 heteroatoms. The Labute approximate surface area is 193 Å². The number of hydrogen-bond acceptors (Lipinski definition) is 5. The van der Waals surface area contributed by atoms with E-state index in [9.17, 15) is 4.39 Å². The lowest BCUT2D eigenvalue weighted by Gasteiger charge is -2.08. The molecule has 1 N–H and O–H groups in total. The molecule has 0 saturated heterocycles. The number of hydrogen-bond donors (Lipinski definition) is 1. The predicted octanol–water partition coefficient (Wildman–Crippen LogP) is 6.11. The SMILES string of the molecule is Cc1cccc(-c2nn(CC(=S)Nc3cccc(F)c3)cc2-c2cc3cnccc3s2)n1. The maximum atomic E-state index is 13.5. The fraction of sp³-hybridized carbons (Fsp3) is 0.0833. The van der Waals surface area contributed by atoms with Gasteiger partial charge in [0.05, 0.1) is 12.2 Å². The van der Waals surface area contributed by atoms with E-state index in [4.69, 9.17) is 17.3 Å². The number of rotatable bonds is 5. The number of nitrogens with zero attached hydrogens (tertiary/aromatic N) is 4. The summed E-state index contributed by atoms with van der Waals surface area (Å²) in [4.78, 5) is 10.5. The van der Waals surface area contributed by atoms with Crippen LogP contribution in [-0.2, 0) is 6.54 Å². The van der Waals surface area contributed by atoms with E-state index >= 15 is 0 Å². The van der Waals surface area contributed by atoms with Crippen LogP contribution >= 0.6 is 23.6 Å². The van der Waals surface area contributed by atoms with Crippen molar-refractivity contribution in [2.45, 2.75) is 13.5 Å².